The van der Waals surface area contributed by atoms with Crippen LogP contribution in [-0.4, -0.2) is 60.4 Å². The summed E-state index contributed by atoms with van der Waals surface area (Å²) in [4.78, 5) is 39.0. The predicted molar refractivity (Wildman–Crippen MR) is 82.6 cm³/mol. The number of imide groups is 1. The lowest BCUT2D eigenvalue weighted by Gasteiger charge is -2.22. The second-order valence-electron chi connectivity index (χ2n) is 5.46. The number of amides is 4. The summed E-state index contributed by atoms with van der Waals surface area (Å²) in [7, 11) is 1.49. The maximum Gasteiger partial charge on any atom is 0.324 e. The van der Waals surface area contributed by atoms with E-state index in [0.717, 1.165) is 0 Å². The molecule has 23 heavy (non-hydrogen) atoms. The fourth-order valence-corrected chi connectivity index (χ4v) is 3.13. The molecule has 0 aromatic heterocycles. The van der Waals surface area contributed by atoms with E-state index in [1.165, 1.54) is 12.0 Å². The molecule has 0 radical (unpaired) electrons. The molecule has 7 nitrogen and oxygen atoms in total. The molecule has 8 heteroatoms. The second-order valence-corrected chi connectivity index (χ2v) is 5.90. The number of likely N-dealkylation sites (tertiary alicyclic amines) is 1. The minimum atomic E-state index is -0.394. The summed E-state index contributed by atoms with van der Waals surface area (Å²) in [6, 6.07) is 4.16. The van der Waals surface area contributed by atoms with Crippen molar-refractivity contribution in [1.29, 1.82) is 0 Å². The van der Waals surface area contributed by atoms with Gasteiger partial charge in [-0.05, 0) is 24.6 Å². The third kappa shape index (κ3) is 2.84. The van der Waals surface area contributed by atoms with E-state index in [1.54, 1.807) is 23.1 Å². The topological polar surface area (TPSA) is 79.0 Å². The zero-order valence-corrected chi connectivity index (χ0v) is 13.3. The summed E-state index contributed by atoms with van der Waals surface area (Å²) in [5, 5.41) is 2.94. The SMILES string of the molecule is COc1ccc(Cl)cc1C(=O)N1CC[C@H](N2C(=O)CNC2=O)C1. The number of urea groups is 1. The molecular weight excluding hydrogens is 322 g/mol. The lowest BCUT2D eigenvalue weighted by atomic mass is 10.1. The molecule has 1 aromatic rings. The normalized spacial score (nSPS) is 20.9. The van der Waals surface area contributed by atoms with E-state index in [2.05, 4.69) is 5.32 Å². The summed E-state index contributed by atoms with van der Waals surface area (Å²) < 4.78 is 5.21. The molecule has 0 unspecified atom stereocenters. The van der Waals surface area contributed by atoms with E-state index < -0.39 is 6.03 Å². The van der Waals surface area contributed by atoms with Crippen molar-refractivity contribution in [3.05, 3.63) is 28.8 Å². The smallest absolute Gasteiger partial charge is 0.324 e. The molecule has 1 N–H and O–H groups in total. The van der Waals surface area contributed by atoms with Crippen molar-refractivity contribution in [2.45, 2.75) is 12.5 Å². The van der Waals surface area contributed by atoms with Crippen molar-refractivity contribution in [2.24, 2.45) is 0 Å². The fourth-order valence-electron chi connectivity index (χ4n) is 2.96. The molecule has 4 amide bonds. The highest BCUT2D eigenvalue weighted by molar-refractivity contribution is 6.31. The number of carbonyl (C=O) groups excluding carboxylic acids is 3. The van der Waals surface area contributed by atoms with Crippen molar-refractivity contribution in [3.63, 3.8) is 0 Å². The Hall–Kier alpha value is -2.28. The second kappa shape index (κ2) is 6.08. The number of hydrogen-bond acceptors (Lipinski definition) is 4. The number of hydrogen-bond donors (Lipinski definition) is 1. The molecule has 2 fully saturated rings. The van der Waals surface area contributed by atoms with Gasteiger partial charge in [-0.3, -0.25) is 14.5 Å². The third-order valence-electron chi connectivity index (χ3n) is 4.09. The maximum absolute atomic E-state index is 12.7. The molecule has 1 atom stereocenters. The fraction of sp³-hybridized carbons (Fsp3) is 0.400. The largest absolute Gasteiger partial charge is 0.496 e. The summed E-state index contributed by atoms with van der Waals surface area (Å²) in [5.74, 6) is -0.0358. The van der Waals surface area contributed by atoms with Crippen LogP contribution in [0.1, 0.15) is 16.8 Å². The highest BCUT2D eigenvalue weighted by atomic mass is 35.5. The van der Waals surface area contributed by atoms with Crippen molar-refractivity contribution in [2.75, 3.05) is 26.7 Å². The number of rotatable bonds is 3. The molecule has 3 rings (SSSR count). The Bertz CT molecular complexity index is 663. The van der Waals surface area contributed by atoms with E-state index in [4.69, 9.17) is 16.3 Å². The third-order valence-corrected chi connectivity index (χ3v) is 4.32. The lowest BCUT2D eigenvalue weighted by molar-refractivity contribution is -0.126. The molecular formula is C15H16ClN3O4. The van der Waals surface area contributed by atoms with Crippen LogP contribution < -0.4 is 10.1 Å². The van der Waals surface area contributed by atoms with Crippen LogP contribution in [0.3, 0.4) is 0 Å². The molecule has 0 spiro atoms. The van der Waals surface area contributed by atoms with Gasteiger partial charge < -0.3 is 15.0 Å². The van der Waals surface area contributed by atoms with Crippen LogP contribution in [0.25, 0.3) is 0 Å². The number of ether oxygens (including phenoxy) is 1. The number of benzene rings is 1. The molecule has 2 heterocycles. The molecule has 0 bridgehead atoms. The minimum absolute atomic E-state index is 0.0192. The van der Waals surface area contributed by atoms with E-state index >= 15 is 0 Å². The minimum Gasteiger partial charge on any atom is -0.496 e. The molecule has 122 valence electrons. The first-order valence-electron chi connectivity index (χ1n) is 7.24. The first-order valence-corrected chi connectivity index (χ1v) is 7.61. The van der Waals surface area contributed by atoms with Gasteiger partial charge in [-0.1, -0.05) is 11.6 Å². The van der Waals surface area contributed by atoms with Crippen LogP contribution in [0.5, 0.6) is 5.75 Å². The van der Waals surface area contributed by atoms with Crippen LogP contribution in [-0.2, 0) is 4.79 Å². The molecule has 2 saturated heterocycles. The van der Waals surface area contributed by atoms with Gasteiger partial charge in [0.25, 0.3) is 5.91 Å². The summed E-state index contributed by atoms with van der Waals surface area (Å²) in [6.07, 6.45) is 0.563. The van der Waals surface area contributed by atoms with Crippen molar-refractivity contribution < 1.29 is 19.1 Å². The van der Waals surface area contributed by atoms with Gasteiger partial charge in [0.05, 0.1) is 25.3 Å². The standard InChI is InChI=1S/C15H16ClN3O4/c1-23-12-3-2-9(16)6-11(12)14(21)18-5-4-10(8-18)19-13(20)7-17-15(19)22/h2-3,6,10H,4-5,7-8H2,1H3,(H,17,22)/t10-/m0/s1. The van der Waals surface area contributed by atoms with Crippen LogP contribution >= 0.6 is 11.6 Å². The number of nitrogens with zero attached hydrogens (tertiary/aromatic N) is 2. The number of nitrogens with one attached hydrogen (secondary N) is 1. The highest BCUT2D eigenvalue weighted by Crippen LogP contribution is 2.26. The van der Waals surface area contributed by atoms with Crippen molar-refractivity contribution in [1.82, 2.24) is 15.1 Å². The molecule has 2 aliphatic rings. The van der Waals surface area contributed by atoms with Gasteiger partial charge in [0, 0.05) is 18.1 Å². The van der Waals surface area contributed by atoms with Crippen LogP contribution in [0, 0.1) is 0 Å². The Balaban J connectivity index is 1.76. The van der Waals surface area contributed by atoms with Crippen LogP contribution in [0.2, 0.25) is 5.02 Å². The Morgan fingerprint density at radius 2 is 2.17 bits per heavy atom. The summed E-state index contributed by atoms with van der Waals surface area (Å²) in [5.41, 5.74) is 0.373. The molecule has 0 saturated carbocycles. The Morgan fingerprint density at radius 3 is 2.83 bits per heavy atom. The van der Waals surface area contributed by atoms with Crippen LogP contribution in [0.4, 0.5) is 4.79 Å². The van der Waals surface area contributed by atoms with Gasteiger partial charge in [0.1, 0.15) is 5.75 Å². The zero-order valence-electron chi connectivity index (χ0n) is 12.5. The van der Waals surface area contributed by atoms with E-state index in [-0.39, 0.29) is 24.4 Å². The predicted octanol–water partition coefficient (Wildman–Crippen LogP) is 1.11. The Morgan fingerprint density at radius 1 is 1.39 bits per heavy atom. The monoisotopic (exact) mass is 337 g/mol. The average Bonchev–Trinajstić information content (AvgIpc) is 3.13. The Labute approximate surface area is 138 Å². The van der Waals surface area contributed by atoms with Crippen LogP contribution in [0.15, 0.2) is 18.2 Å². The first kappa shape index (κ1) is 15.6. The van der Waals surface area contributed by atoms with Gasteiger partial charge in [-0.25, -0.2) is 4.79 Å². The Kier molecular flexibility index (Phi) is 4.12. The highest BCUT2D eigenvalue weighted by Gasteiger charge is 2.40. The number of halogens is 1. The number of carbonyl (C=O) groups is 3. The van der Waals surface area contributed by atoms with Gasteiger partial charge >= 0.3 is 6.03 Å². The zero-order chi connectivity index (χ0) is 16.6. The first-order chi connectivity index (χ1) is 11.0. The van der Waals surface area contributed by atoms with Gasteiger partial charge in [-0.15, -0.1) is 0 Å². The maximum atomic E-state index is 12.7. The van der Waals surface area contributed by atoms with Crippen molar-refractivity contribution in [3.8, 4) is 5.75 Å². The lowest BCUT2D eigenvalue weighted by Crippen LogP contribution is -2.42. The van der Waals surface area contributed by atoms with E-state index in [9.17, 15) is 14.4 Å². The molecule has 1 aromatic carbocycles. The molecule has 2 aliphatic heterocycles. The summed E-state index contributed by atoms with van der Waals surface area (Å²) in [6.45, 7) is 0.801. The number of methoxy groups -OCH3 is 1. The van der Waals surface area contributed by atoms with E-state index in [1.807, 2.05) is 0 Å². The van der Waals surface area contributed by atoms with Gasteiger partial charge in [0.15, 0.2) is 0 Å². The van der Waals surface area contributed by atoms with Gasteiger partial charge in [0.2, 0.25) is 5.91 Å². The summed E-state index contributed by atoms with van der Waals surface area (Å²) >= 11 is 5.96. The van der Waals surface area contributed by atoms with Gasteiger partial charge in [-0.2, -0.15) is 0 Å². The average molecular weight is 338 g/mol. The van der Waals surface area contributed by atoms with E-state index in [0.29, 0.717) is 35.8 Å². The van der Waals surface area contributed by atoms with Crippen molar-refractivity contribution >= 4 is 29.4 Å². The quantitative estimate of drug-likeness (QED) is 0.838. The molecule has 0 aliphatic carbocycles.